The number of carbonyl (C=O) groups is 1. The average Bonchev–Trinajstić information content (AvgIpc) is 2.33. The predicted molar refractivity (Wildman–Crippen MR) is 70.0 cm³/mol. The molecule has 1 aromatic rings. The maximum absolute atomic E-state index is 12.0. The first-order valence-electron chi connectivity index (χ1n) is 6.26. The molecule has 1 aliphatic heterocycles. The van der Waals surface area contributed by atoms with Crippen molar-refractivity contribution in [3.63, 3.8) is 0 Å². The van der Waals surface area contributed by atoms with Gasteiger partial charge in [-0.15, -0.1) is 0 Å². The highest BCUT2D eigenvalue weighted by Gasteiger charge is 2.23. The average molecular weight is 232 g/mol. The SMILES string of the molecule is Cc1ccc(NC(=O)C2CCC(C)NC2)cc1. The van der Waals surface area contributed by atoms with Crippen molar-refractivity contribution in [2.45, 2.75) is 32.7 Å². The molecule has 0 aliphatic carbocycles. The van der Waals surface area contributed by atoms with Crippen LogP contribution in [-0.2, 0) is 4.79 Å². The molecule has 1 aromatic carbocycles. The summed E-state index contributed by atoms with van der Waals surface area (Å²) in [5.74, 6) is 0.237. The Labute approximate surface area is 103 Å². The minimum atomic E-state index is 0.104. The molecule has 0 aromatic heterocycles. The molecular formula is C14H20N2O. The Morgan fingerprint density at radius 1 is 1.29 bits per heavy atom. The summed E-state index contributed by atoms with van der Waals surface area (Å²) in [5.41, 5.74) is 2.09. The van der Waals surface area contributed by atoms with Crippen LogP contribution in [0, 0.1) is 12.8 Å². The second kappa shape index (κ2) is 5.32. The van der Waals surface area contributed by atoms with E-state index in [2.05, 4.69) is 17.6 Å². The summed E-state index contributed by atoms with van der Waals surface area (Å²) in [6.07, 6.45) is 2.05. The van der Waals surface area contributed by atoms with E-state index >= 15 is 0 Å². The molecule has 92 valence electrons. The van der Waals surface area contributed by atoms with Gasteiger partial charge in [-0.2, -0.15) is 0 Å². The van der Waals surface area contributed by atoms with Crippen molar-refractivity contribution in [1.29, 1.82) is 0 Å². The molecule has 17 heavy (non-hydrogen) atoms. The number of carbonyl (C=O) groups excluding carboxylic acids is 1. The fourth-order valence-electron chi connectivity index (χ4n) is 2.10. The molecule has 1 heterocycles. The molecule has 2 N–H and O–H groups in total. The lowest BCUT2D eigenvalue weighted by atomic mass is 9.95. The van der Waals surface area contributed by atoms with Crippen LogP contribution in [0.15, 0.2) is 24.3 Å². The zero-order chi connectivity index (χ0) is 12.3. The highest BCUT2D eigenvalue weighted by molar-refractivity contribution is 5.92. The molecule has 2 rings (SSSR count). The Hall–Kier alpha value is -1.35. The molecule has 0 saturated carbocycles. The number of anilines is 1. The molecule has 1 saturated heterocycles. The van der Waals surface area contributed by atoms with Crippen molar-refractivity contribution in [2.75, 3.05) is 11.9 Å². The maximum Gasteiger partial charge on any atom is 0.228 e. The lowest BCUT2D eigenvalue weighted by molar-refractivity contribution is -0.120. The molecule has 3 heteroatoms. The summed E-state index contributed by atoms with van der Waals surface area (Å²) in [7, 11) is 0. The predicted octanol–water partition coefficient (Wildman–Crippen LogP) is 2.32. The first-order chi connectivity index (χ1) is 8.15. The minimum Gasteiger partial charge on any atom is -0.326 e. The third-order valence-electron chi connectivity index (χ3n) is 3.35. The zero-order valence-electron chi connectivity index (χ0n) is 10.5. The lowest BCUT2D eigenvalue weighted by Gasteiger charge is -2.26. The number of piperidine rings is 1. The van der Waals surface area contributed by atoms with Gasteiger partial charge in [-0.3, -0.25) is 4.79 Å². The molecule has 3 nitrogen and oxygen atoms in total. The van der Waals surface area contributed by atoms with Crippen molar-refractivity contribution in [2.24, 2.45) is 5.92 Å². The van der Waals surface area contributed by atoms with E-state index in [1.165, 1.54) is 5.56 Å². The third kappa shape index (κ3) is 3.30. The number of hydrogen-bond donors (Lipinski definition) is 2. The molecule has 2 unspecified atom stereocenters. The molecule has 0 spiro atoms. The van der Waals surface area contributed by atoms with Gasteiger partial charge in [0.1, 0.15) is 0 Å². The van der Waals surface area contributed by atoms with Crippen LogP contribution in [0.2, 0.25) is 0 Å². The standard InChI is InChI=1S/C14H20N2O/c1-10-3-7-13(8-4-10)16-14(17)12-6-5-11(2)15-9-12/h3-4,7-8,11-12,15H,5-6,9H2,1-2H3,(H,16,17). The van der Waals surface area contributed by atoms with Gasteiger partial charge in [-0.25, -0.2) is 0 Å². The van der Waals surface area contributed by atoms with E-state index in [1.807, 2.05) is 31.2 Å². The normalized spacial score (nSPS) is 24.4. The fourth-order valence-corrected chi connectivity index (χ4v) is 2.10. The van der Waals surface area contributed by atoms with E-state index in [1.54, 1.807) is 0 Å². The van der Waals surface area contributed by atoms with Gasteiger partial charge >= 0.3 is 0 Å². The van der Waals surface area contributed by atoms with Gasteiger partial charge in [-0.05, 0) is 38.8 Å². The molecule has 2 atom stereocenters. The Kier molecular flexibility index (Phi) is 3.79. The molecular weight excluding hydrogens is 212 g/mol. The van der Waals surface area contributed by atoms with Gasteiger partial charge in [0.2, 0.25) is 5.91 Å². The quantitative estimate of drug-likeness (QED) is 0.821. The molecule has 1 fully saturated rings. The smallest absolute Gasteiger partial charge is 0.228 e. The van der Waals surface area contributed by atoms with E-state index in [-0.39, 0.29) is 11.8 Å². The van der Waals surface area contributed by atoms with E-state index in [0.717, 1.165) is 25.1 Å². The lowest BCUT2D eigenvalue weighted by Crippen LogP contribution is -2.41. The summed E-state index contributed by atoms with van der Waals surface area (Å²) >= 11 is 0. The molecule has 1 aliphatic rings. The van der Waals surface area contributed by atoms with E-state index in [4.69, 9.17) is 0 Å². The topological polar surface area (TPSA) is 41.1 Å². The van der Waals surface area contributed by atoms with Gasteiger partial charge in [0.25, 0.3) is 0 Å². The minimum absolute atomic E-state index is 0.104. The maximum atomic E-state index is 12.0. The largest absolute Gasteiger partial charge is 0.326 e. The van der Waals surface area contributed by atoms with Crippen molar-refractivity contribution >= 4 is 11.6 Å². The van der Waals surface area contributed by atoms with Crippen LogP contribution < -0.4 is 10.6 Å². The first-order valence-corrected chi connectivity index (χ1v) is 6.26. The molecule has 0 radical (unpaired) electrons. The van der Waals surface area contributed by atoms with E-state index in [0.29, 0.717) is 6.04 Å². The van der Waals surface area contributed by atoms with E-state index in [9.17, 15) is 4.79 Å². The van der Waals surface area contributed by atoms with E-state index < -0.39 is 0 Å². The van der Waals surface area contributed by atoms with Crippen molar-refractivity contribution in [1.82, 2.24) is 5.32 Å². The summed E-state index contributed by atoms with van der Waals surface area (Å²) in [4.78, 5) is 12.0. The van der Waals surface area contributed by atoms with Crippen molar-refractivity contribution < 1.29 is 4.79 Å². The summed E-state index contributed by atoms with van der Waals surface area (Å²) in [6.45, 7) is 4.99. The number of nitrogens with one attached hydrogen (secondary N) is 2. The fraction of sp³-hybridized carbons (Fsp3) is 0.500. The number of hydrogen-bond acceptors (Lipinski definition) is 2. The molecule has 0 bridgehead atoms. The monoisotopic (exact) mass is 232 g/mol. The zero-order valence-corrected chi connectivity index (χ0v) is 10.5. The Balaban J connectivity index is 1.90. The van der Waals surface area contributed by atoms with Crippen LogP contribution >= 0.6 is 0 Å². The Morgan fingerprint density at radius 3 is 2.59 bits per heavy atom. The Morgan fingerprint density at radius 2 is 2.00 bits per heavy atom. The van der Waals surface area contributed by atoms with Crippen LogP contribution in [0.1, 0.15) is 25.3 Å². The van der Waals surface area contributed by atoms with Crippen LogP contribution in [0.5, 0.6) is 0 Å². The number of benzene rings is 1. The van der Waals surface area contributed by atoms with Gasteiger partial charge in [0, 0.05) is 18.3 Å². The number of rotatable bonds is 2. The van der Waals surface area contributed by atoms with Gasteiger partial charge in [0.05, 0.1) is 5.92 Å². The summed E-state index contributed by atoms with van der Waals surface area (Å²) in [6, 6.07) is 8.46. The van der Waals surface area contributed by atoms with Gasteiger partial charge in [-0.1, -0.05) is 17.7 Å². The highest BCUT2D eigenvalue weighted by atomic mass is 16.1. The van der Waals surface area contributed by atoms with Crippen LogP contribution in [0.4, 0.5) is 5.69 Å². The highest BCUT2D eigenvalue weighted by Crippen LogP contribution is 2.17. The summed E-state index contributed by atoms with van der Waals surface area (Å²) < 4.78 is 0. The third-order valence-corrected chi connectivity index (χ3v) is 3.35. The van der Waals surface area contributed by atoms with Crippen molar-refractivity contribution in [3.05, 3.63) is 29.8 Å². The van der Waals surface area contributed by atoms with Crippen LogP contribution in [0.25, 0.3) is 0 Å². The van der Waals surface area contributed by atoms with Crippen LogP contribution in [0.3, 0.4) is 0 Å². The van der Waals surface area contributed by atoms with Crippen molar-refractivity contribution in [3.8, 4) is 0 Å². The molecule has 1 amide bonds. The number of amides is 1. The second-order valence-electron chi connectivity index (χ2n) is 4.94. The van der Waals surface area contributed by atoms with Gasteiger partial charge in [0.15, 0.2) is 0 Å². The second-order valence-corrected chi connectivity index (χ2v) is 4.94. The first kappa shape index (κ1) is 12.1. The Bertz CT molecular complexity index is 378. The number of aryl methyl sites for hydroxylation is 1. The summed E-state index contributed by atoms with van der Waals surface area (Å²) in [5, 5.41) is 6.32. The van der Waals surface area contributed by atoms with Crippen LogP contribution in [-0.4, -0.2) is 18.5 Å². The van der Waals surface area contributed by atoms with Gasteiger partial charge < -0.3 is 10.6 Å².